The standard InChI is InChI=1S/C71H49N/c1-4-20-50(21-5-1)51-38-40-54(41-39-51)62-29-13-16-36-68(62)72(69-37-17-14-30-63(69)55-44-42-53(43-45-55)61-32-18-23-52-22-10-11-28-60(52)61)59-48-46-56(47-49-59)64-33-19-35-67-70(64)65-31-12-15-34-66(65)71(67,57-24-6-2-7-25-57)58-26-8-3-9-27-58/h1-49H. The van der Waals surface area contributed by atoms with Crippen molar-refractivity contribution in [1.29, 1.82) is 0 Å². The maximum atomic E-state index is 2.46. The first kappa shape index (κ1) is 42.8. The summed E-state index contributed by atoms with van der Waals surface area (Å²) in [5.41, 5.74) is 22.3. The average Bonchev–Trinajstić information content (AvgIpc) is 3.78. The zero-order valence-corrected chi connectivity index (χ0v) is 39.7. The molecule has 0 saturated heterocycles. The van der Waals surface area contributed by atoms with Crippen LogP contribution in [-0.2, 0) is 5.41 Å². The Kier molecular flexibility index (Phi) is 10.8. The zero-order chi connectivity index (χ0) is 47.8. The summed E-state index contributed by atoms with van der Waals surface area (Å²) < 4.78 is 0. The predicted molar refractivity (Wildman–Crippen MR) is 303 cm³/mol. The van der Waals surface area contributed by atoms with Crippen LogP contribution in [0.4, 0.5) is 17.1 Å². The molecule has 1 aliphatic rings. The quantitative estimate of drug-likeness (QED) is 0.132. The number of hydrogen-bond donors (Lipinski definition) is 0. The molecule has 0 fully saturated rings. The van der Waals surface area contributed by atoms with E-state index in [2.05, 4.69) is 302 Å². The van der Waals surface area contributed by atoms with Gasteiger partial charge in [-0.1, -0.05) is 273 Å². The van der Waals surface area contributed by atoms with E-state index < -0.39 is 5.41 Å². The minimum Gasteiger partial charge on any atom is -0.309 e. The Morgan fingerprint density at radius 2 is 0.625 bits per heavy atom. The van der Waals surface area contributed by atoms with Gasteiger partial charge in [0.05, 0.1) is 16.8 Å². The summed E-state index contributed by atoms with van der Waals surface area (Å²) in [6, 6.07) is 109. The molecule has 0 amide bonds. The van der Waals surface area contributed by atoms with Gasteiger partial charge >= 0.3 is 0 Å². The molecule has 1 nitrogen and oxygen atoms in total. The maximum Gasteiger partial charge on any atom is 0.0713 e. The minimum atomic E-state index is -0.471. The third kappa shape index (κ3) is 7.25. The van der Waals surface area contributed by atoms with Crippen LogP contribution in [-0.4, -0.2) is 0 Å². The fourth-order valence-electron chi connectivity index (χ4n) is 11.5. The lowest BCUT2D eigenvalue weighted by Crippen LogP contribution is -2.28. The molecule has 1 heteroatoms. The van der Waals surface area contributed by atoms with Crippen LogP contribution < -0.4 is 4.90 Å². The summed E-state index contributed by atoms with van der Waals surface area (Å²) >= 11 is 0. The maximum absolute atomic E-state index is 2.46. The van der Waals surface area contributed by atoms with Crippen LogP contribution in [0.25, 0.3) is 77.5 Å². The van der Waals surface area contributed by atoms with E-state index in [9.17, 15) is 0 Å². The topological polar surface area (TPSA) is 3.24 Å². The molecule has 12 aromatic carbocycles. The number of rotatable bonds is 10. The van der Waals surface area contributed by atoms with Crippen molar-refractivity contribution < 1.29 is 0 Å². The highest BCUT2D eigenvalue weighted by atomic mass is 15.1. The van der Waals surface area contributed by atoms with Crippen molar-refractivity contribution in [3.05, 3.63) is 320 Å². The Morgan fingerprint density at radius 1 is 0.236 bits per heavy atom. The fourth-order valence-corrected chi connectivity index (χ4v) is 11.5. The lowest BCUT2D eigenvalue weighted by Gasteiger charge is -2.34. The molecule has 1 aliphatic carbocycles. The largest absolute Gasteiger partial charge is 0.309 e. The molecule has 13 rings (SSSR count). The summed E-state index contributed by atoms with van der Waals surface area (Å²) in [6.45, 7) is 0. The smallest absolute Gasteiger partial charge is 0.0713 e. The molecule has 0 heterocycles. The summed E-state index contributed by atoms with van der Waals surface area (Å²) in [6.07, 6.45) is 0. The molecule has 0 spiro atoms. The number of nitrogens with zero attached hydrogens (tertiary/aromatic N) is 1. The van der Waals surface area contributed by atoms with Crippen molar-refractivity contribution in [1.82, 2.24) is 0 Å². The van der Waals surface area contributed by atoms with Gasteiger partial charge in [0, 0.05) is 16.8 Å². The molecule has 0 atom stereocenters. The van der Waals surface area contributed by atoms with Gasteiger partial charge in [0.1, 0.15) is 0 Å². The summed E-state index contributed by atoms with van der Waals surface area (Å²) in [7, 11) is 0. The predicted octanol–water partition coefficient (Wildman–Crippen LogP) is 19.0. The highest BCUT2D eigenvalue weighted by molar-refractivity contribution is 5.99. The van der Waals surface area contributed by atoms with Crippen molar-refractivity contribution in [3.63, 3.8) is 0 Å². The highest BCUT2D eigenvalue weighted by Crippen LogP contribution is 2.58. The molecule has 338 valence electrons. The zero-order valence-electron chi connectivity index (χ0n) is 39.7. The fraction of sp³-hybridized carbons (Fsp3) is 0.0141. The molecule has 0 aliphatic heterocycles. The van der Waals surface area contributed by atoms with Gasteiger partial charge in [0.15, 0.2) is 0 Å². The van der Waals surface area contributed by atoms with Gasteiger partial charge in [-0.25, -0.2) is 0 Å². The van der Waals surface area contributed by atoms with E-state index in [-0.39, 0.29) is 0 Å². The van der Waals surface area contributed by atoms with Gasteiger partial charge in [-0.05, 0) is 113 Å². The van der Waals surface area contributed by atoms with Crippen molar-refractivity contribution in [3.8, 4) is 66.8 Å². The first-order valence-corrected chi connectivity index (χ1v) is 24.9. The van der Waals surface area contributed by atoms with E-state index in [4.69, 9.17) is 0 Å². The second kappa shape index (κ2) is 18.2. The third-order valence-corrected chi connectivity index (χ3v) is 14.8. The van der Waals surface area contributed by atoms with Crippen LogP contribution in [0.1, 0.15) is 22.3 Å². The average molecular weight is 916 g/mol. The molecule has 12 aromatic rings. The Hall–Kier alpha value is -9.30. The normalized spacial score (nSPS) is 12.3. The van der Waals surface area contributed by atoms with E-state index in [0.717, 1.165) is 39.3 Å². The second-order valence-electron chi connectivity index (χ2n) is 18.7. The van der Waals surface area contributed by atoms with E-state index in [1.807, 2.05) is 0 Å². The van der Waals surface area contributed by atoms with Gasteiger partial charge < -0.3 is 4.90 Å². The molecular weight excluding hydrogens is 867 g/mol. The van der Waals surface area contributed by atoms with E-state index in [1.165, 1.54) is 77.5 Å². The van der Waals surface area contributed by atoms with Crippen LogP contribution >= 0.6 is 0 Å². The van der Waals surface area contributed by atoms with Crippen LogP contribution in [0.2, 0.25) is 0 Å². The van der Waals surface area contributed by atoms with Crippen LogP contribution in [0.5, 0.6) is 0 Å². The number of benzene rings is 12. The van der Waals surface area contributed by atoms with Crippen molar-refractivity contribution >= 4 is 27.8 Å². The summed E-state index contributed by atoms with van der Waals surface area (Å²) in [5.74, 6) is 0. The van der Waals surface area contributed by atoms with Crippen LogP contribution in [0.15, 0.2) is 297 Å². The van der Waals surface area contributed by atoms with E-state index in [0.29, 0.717) is 0 Å². The molecule has 0 unspecified atom stereocenters. The number of anilines is 3. The number of fused-ring (bicyclic) bond motifs is 4. The molecule has 0 saturated carbocycles. The monoisotopic (exact) mass is 915 g/mol. The molecule has 0 radical (unpaired) electrons. The SMILES string of the molecule is c1ccc(-c2ccc(-c3ccccc3N(c3ccc(-c4cccc5c4-c4ccccc4C5(c4ccccc4)c4ccccc4)cc3)c3ccccc3-c3ccc(-c4cccc5ccccc45)cc3)cc2)cc1. The molecular formula is C71H49N. The third-order valence-electron chi connectivity index (χ3n) is 14.8. The molecule has 72 heavy (non-hydrogen) atoms. The van der Waals surface area contributed by atoms with Crippen molar-refractivity contribution in [2.75, 3.05) is 4.90 Å². The Morgan fingerprint density at radius 3 is 1.25 bits per heavy atom. The van der Waals surface area contributed by atoms with Gasteiger partial charge in [-0.2, -0.15) is 0 Å². The van der Waals surface area contributed by atoms with Gasteiger partial charge in [-0.15, -0.1) is 0 Å². The first-order chi connectivity index (χ1) is 35.7. The van der Waals surface area contributed by atoms with Crippen LogP contribution in [0, 0.1) is 0 Å². The highest BCUT2D eigenvalue weighted by Gasteiger charge is 2.46. The minimum absolute atomic E-state index is 0.471. The van der Waals surface area contributed by atoms with Gasteiger partial charge in [0.2, 0.25) is 0 Å². The lowest BCUT2D eigenvalue weighted by molar-refractivity contribution is 0.768. The first-order valence-electron chi connectivity index (χ1n) is 24.9. The molecule has 0 aromatic heterocycles. The second-order valence-corrected chi connectivity index (χ2v) is 18.7. The van der Waals surface area contributed by atoms with Gasteiger partial charge in [-0.3, -0.25) is 0 Å². The number of hydrogen-bond acceptors (Lipinski definition) is 1. The van der Waals surface area contributed by atoms with Crippen molar-refractivity contribution in [2.45, 2.75) is 5.41 Å². The Balaban J connectivity index is 0.959. The number of para-hydroxylation sites is 2. The lowest BCUT2D eigenvalue weighted by atomic mass is 9.67. The molecule has 0 N–H and O–H groups in total. The Bertz CT molecular complexity index is 3830. The summed E-state index contributed by atoms with van der Waals surface area (Å²) in [5, 5.41) is 2.50. The van der Waals surface area contributed by atoms with Crippen molar-refractivity contribution in [2.24, 2.45) is 0 Å². The van der Waals surface area contributed by atoms with Gasteiger partial charge in [0.25, 0.3) is 0 Å². The molecule has 0 bridgehead atoms. The van der Waals surface area contributed by atoms with E-state index >= 15 is 0 Å². The Labute approximate surface area is 422 Å². The van der Waals surface area contributed by atoms with Crippen LogP contribution in [0.3, 0.4) is 0 Å². The van der Waals surface area contributed by atoms with E-state index in [1.54, 1.807) is 0 Å². The summed E-state index contributed by atoms with van der Waals surface area (Å²) in [4.78, 5) is 2.46.